The van der Waals surface area contributed by atoms with E-state index < -0.39 is 5.97 Å². The zero-order valence-electron chi connectivity index (χ0n) is 27.5. The number of carbonyl (C=O) groups is 1. The number of aromatic nitrogens is 2. The summed E-state index contributed by atoms with van der Waals surface area (Å²) in [6.45, 7) is 10.8. The second-order valence-corrected chi connectivity index (χ2v) is 11.6. The van der Waals surface area contributed by atoms with Gasteiger partial charge in [0.25, 0.3) is 0 Å². The lowest BCUT2D eigenvalue weighted by molar-refractivity contribution is -0.137. The number of nitrogens with two attached hydrogens (primary N) is 3. The van der Waals surface area contributed by atoms with E-state index in [9.17, 15) is 9.90 Å². The third-order valence-corrected chi connectivity index (χ3v) is 7.72. The van der Waals surface area contributed by atoms with E-state index in [0.29, 0.717) is 35.5 Å². The molecule has 0 radical (unpaired) electrons. The summed E-state index contributed by atoms with van der Waals surface area (Å²) in [7, 11) is 0. The minimum absolute atomic E-state index is 0.135. The average Bonchev–Trinajstić information content (AvgIpc) is 3.26. The van der Waals surface area contributed by atoms with Crippen molar-refractivity contribution in [2.75, 3.05) is 26.2 Å². The fourth-order valence-corrected chi connectivity index (χ4v) is 5.33. The lowest BCUT2D eigenvalue weighted by Crippen LogP contribution is -2.38. The van der Waals surface area contributed by atoms with Crippen LogP contribution in [0.5, 0.6) is 5.75 Å². The van der Waals surface area contributed by atoms with Crippen molar-refractivity contribution >= 4 is 11.7 Å². The zero-order chi connectivity index (χ0) is 33.7. The quantitative estimate of drug-likeness (QED) is 0.171. The SMILES string of the molecule is C=C/C=C\CN(CCC(=O)O)C1CCCCC1.CC1CC=CCN(C(/C=C(\N)c2ccccc2O)=C(N)N)C1.Cc1ncccn1. The third kappa shape index (κ3) is 14.5. The Bertz CT molecular complexity index is 1310. The van der Waals surface area contributed by atoms with Crippen molar-refractivity contribution in [2.45, 2.75) is 64.8 Å². The summed E-state index contributed by atoms with van der Waals surface area (Å²) in [6.07, 6.45) is 22.8. The topological polar surface area (TPSA) is 168 Å². The molecule has 8 N–H and O–H groups in total. The molecule has 10 heteroatoms. The van der Waals surface area contributed by atoms with Gasteiger partial charge in [-0.25, -0.2) is 9.97 Å². The van der Waals surface area contributed by atoms with Gasteiger partial charge in [0.15, 0.2) is 0 Å². The number of rotatable bonds is 10. The van der Waals surface area contributed by atoms with E-state index in [4.69, 9.17) is 22.3 Å². The maximum atomic E-state index is 10.7. The normalized spacial score (nSPS) is 16.9. The molecule has 2 aromatic rings. The number of phenols is 1. The summed E-state index contributed by atoms with van der Waals surface area (Å²) >= 11 is 0. The Labute approximate surface area is 274 Å². The summed E-state index contributed by atoms with van der Waals surface area (Å²) in [4.78, 5) is 22.8. The van der Waals surface area contributed by atoms with E-state index in [2.05, 4.69) is 51.5 Å². The molecule has 0 amide bonds. The molecule has 2 aliphatic rings. The van der Waals surface area contributed by atoms with Crippen LogP contribution in [0.15, 0.2) is 97.3 Å². The maximum absolute atomic E-state index is 10.7. The van der Waals surface area contributed by atoms with Gasteiger partial charge < -0.3 is 32.3 Å². The maximum Gasteiger partial charge on any atom is 0.304 e. The summed E-state index contributed by atoms with van der Waals surface area (Å²) in [6, 6.07) is 9.30. The van der Waals surface area contributed by atoms with Gasteiger partial charge in [-0.1, -0.05) is 75.3 Å². The summed E-state index contributed by atoms with van der Waals surface area (Å²) in [5.74, 6) is 0.977. The average molecular weight is 632 g/mol. The van der Waals surface area contributed by atoms with Crippen LogP contribution in [-0.2, 0) is 4.79 Å². The van der Waals surface area contributed by atoms with Gasteiger partial charge in [0.2, 0.25) is 0 Å². The predicted octanol–water partition coefficient (Wildman–Crippen LogP) is 5.30. The number of allylic oxidation sites excluding steroid dienone is 4. The number of aromatic hydroxyl groups is 1. The van der Waals surface area contributed by atoms with Crippen molar-refractivity contribution < 1.29 is 15.0 Å². The highest BCUT2D eigenvalue weighted by atomic mass is 16.4. The van der Waals surface area contributed by atoms with Crippen molar-refractivity contribution in [3.05, 3.63) is 109 Å². The van der Waals surface area contributed by atoms with Crippen LogP contribution in [0.3, 0.4) is 0 Å². The van der Waals surface area contributed by atoms with Crippen LogP contribution in [0.2, 0.25) is 0 Å². The van der Waals surface area contributed by atoms with Crippen LogP contribution >= 0.6 is 0 Å². The first-order chi connectivity index (χ1) is 22.1. The van der Waals surface area contributed by atoms with Crippen molar-refractivity contribution in [1.29, 1.82) is 0 Å². The molecule has 1 aliphatic carbocycles. The molecule has 46 heavy (non-hydrogen) atoms. The molecule has 1 fully saturated rings. The van der Waals surface area contributed by atoms with Crippen molar-refractivity contribution in [3.8, 4) is 5.75 Å². The smallest absolute Gasteiger partial charge is 0.304 e. The van der Waals surface area contributed by atoms with E-state index in [1.807, 2.05) is 19.1 Å². The molecule has 0 bridgehead atoms. The van der Waals surface area contributed by atoms with E-state index in [0.717, 1.165) is 31.9 Å². The lowest BCUT2D eigenvalue weighted by atomic mass is 9.94. The second kappa shape index (κ2) is 21.2. The standard InChI is InChI=1S/C17H24N4O.C14H23NO2.C5H6N2/c1-12-6-4-5-9-21(11-12)15(17(19)20)10-14(18)13-7-2-3-8-16(13)22;1-2-3-7-11-15(12-10-14(16)17)13-8-5-4-6-9-13;1-5-6-3-2-4-7-5/h2-5,7-8,10,12,22H,6,9,11,18-20H2,1H3;2-3,7,13H,1,4-6,8-12H2,(H,16,17);2-4H,1H3/b14-10-;7-3-;. The molecule has 4 rings (SSSR count). The molecule has 250 valence electrons. The first kappa shape index (κ1) is 37.6. The van der Waals surface area contributed by atoms with Gasteiger partial charge in [-0.2, -0.15) is 0 Å². The Kier molecular flexibility index (Phi) is 17.3. The van der Waals surface area contributed by atoms with Crippen LogP contribution in [0.25, 0.3) is 5.70 Å². The molecule has 1 saturated carbocycles. The van der Waals surface area contributed by atoms with Gasteiger partial charge >= 0.3 is 5.97 Å². The number of hydrogen-bond donors (Lipinski definition) is 5. The fourth-order valence-electron chi connectivity index (χ4n) is 5.33. The Hall–Kier alpha value is -4.57. The summed E-state index contributed by atoms with van der Waals surface area (Å²) in [5, 5.41) is 18.7. The number of nitrogens with zero attached hydrogens (tertiary/aromatic N) is 4. The first-order valence-corrected chi connectivity index (χ1v) is 16.0. The first-order valence-electron chi connectivity index (χ1n) is 16.0. The highest BCUT2D eigenvalue weighted by Crippen LogP contribution is 2.25. The molecule has 1 aliphatic heterocycles. The van der Waals surface area contributed by atoms with E-state index in [1.165, 1.54) is 32.1 Å². The minimum atomic E-state index is -0.710. The van der Waals surface area contributed by atoms with Crippen molar-refractivity contribution in [2.24, 2.45) is 23.1 Å². The number of aryl methyl sites for hydroxylation is 1. The molecule has 1 aromatic carbocycles. The van der Waals surface area contributed by atoms with E-state index in [1.54, 1.807) is 48.8 Å². The molecular formula is C36H53N7O3. The lowest BCUT2D eigenvalue weighted by Gasteiger charge is -2.33. The Balaban J connectivity index is 0.000000270. The van der Waals surface area contributed by atoms with Crippen molar-refractivity contribution in [3.63, 3.8) is 0 Å². The largest absolute Gasteiger partial charge is 0.507 e. The Morgan fingerprint density at radius 3 is 2.37 bits per heavy atom. The Morgan fingerprint density at radius 2 is 1.78 bits per heavy atom. The number of carboxylic acid groups (broad SMARTS) is 1. The molecule has 1 aromatic heterocycles. The minimum Gasteiger partial charge on any atom is -0.507 e. The molecule has 2 heterocycles. The molecule has 1 unspecified atom stereocenters. The highest BCUT2D eigenvalue weighted by molar-refractivity contribution is 5.70. The van der Waals surface area contributed by atoms with E-state index >= 15 is 0 Å². The molecule has 1 atom stereocenters. The van der Waals surface area contributed by atoms with Crippen LogP contribution in [0.1, 0.15) is 63.3 Å². The molecular weight excluding hydrogens is 578 g/mol. The fraction of sp³-hybridized carbons (Fsp3) is 0.417. The summed E-state index contributed by atoms with van der Waals surface area (Å²) < 4.78 is 0. The van der Waals surface area contributed by atoms with Crippen LogP contribution in [0, 0.1) is 12.8 Å². The second-order valence-electron chi connectivity index (χ2n) is 11.6. The number of carboxylic acids is 1. The van der Waals surface area contributed by atoms with Crippen LogP contribution in [-0.4, -0.2) is 68.2 Å². The van der Waals surface area contributed by atoms with Crippen LogP contribution in [0.4, 0.5) is 0 Å². The van der Waals surface area contributed by atoms with Crippen molar-refractivity contribution in [1.82, 2.24) is 19.8 Å². The van der Waals surface area contributed by atoms with Gasteiger partial charge in [-0.15, -0.1) is 0 Å². The van der Waals surface area contributed by atoms with E-state index in [-0.39, 0.29) is 18.0 Å². The number of hydrogen-bond acceptors (Lipinski definition) is 9. The molecule has 0 spiro atoms. The van der Waals surface area contributed by atoms with Crippen LogP contribution < -0.4 is 17.2 Å². The number of phenolic OH excluding ortho intramolecular Hbond substituents is 1. The zero-order valence-corrected chi connectivity index (χ0v) is 27.5. The molecule has 10 nitrogen and oxygen atoms in total. The number of para-hydroxylation sites is 1. The highest BCUT2D eigenvalue weighted by Gasteiger charge is 2.20. The number of aliphatic carboxylic acids is 1. The predicted molar refractivity (Wildman–Crippen MR) is 187 cm³/mol. The monoisotopic (exact) mass is 631 g/mol. The summed E-state index contributed by atoms with van der Waals surface area (Å²) in [5.41, 5.74) is 19.5. The van der Waals surface area contributed by atoms with Gasteiger partial charge in [-0.05, 0) is 56.4 Å². The third-order valence-electron chi connectivity index (χ3n) is 7.72. The van der Waals surface area contributed by atoms with Gasteiger partial charge in [0.05, 0.1) is 12.1 Å². The number of benzene rings is 1. The van der Waals surface area contributed by atoms with Gasteiger partial charge in [0.1, 0.15) is 17.4 Å². The van der Waals surface area contributed by atoms with Gasteiger partial charge in [-0.3, -0.25) is 9.69 Å². The molecule has 0 saturated heterocycles. The van der Waals surface area contributed by atoms with Gasteiger partial charge in [0, 0.05) is 55.9 Å². The Morgan fingerprint density at radius 1 is 1.09 bits per heavy atom.